The maximum absolute atomic E-state index is 4.72. The third-order valence-corrected chi connectivity index (χ3v) is 9.01. The standard InChI is InChI=1S/C36H58N2/c1-3-5-7-9-11-13-15-17-31-19-21-33(22-20-31)23-24-34-29-37-36(38-30-34)35-27-25-32(26-28-35)18-16-14-12-10-8-6-4-2/h25-31,33H,3-24H2,1-2H3. The van der Waals surface area contributed by atoms with E-state index in [2.05, 4.69) is 50.5 Å². The van der Waals surface area contributed by atoms with E-state index in [4.69, 9.17) is 9.97 Å². The fourth-order valence-corrected chi connectivity index (χ4v) is 6.31. The first kappa shape index (κ1) is 30.8. The summed E-state index contributed by atoms with van der Waals surface area (Å²) in [6, 6.07) is 8.95. The Morgan fingerprint density at radius 3 is 1.61 bits per heavy atom. The van der Waals surface area contributed by atoms with E-state index < -0.39 is 0 Å². The number of rotatable bonds is 20. The van der Waals surface area contributed by atoms with Crippen LogP contribution in [-0.2, 0) is 12.8 Å². The zero-order valence-corrected chi connectivity index (χ0v) is 25.1. The van der Waals surface area contributed by atoms with Crippen LogP contribution in [0.25, 0.3) is 11.4 Å². The fourth-order valence-electron chi connectivity index (χ4n) is 6.31. The van der Waals surface area contributed by atoms with Crippen LogP contribution in [0.5, 0.6) is 0 Å². The monoisotopic (exact) mass is 518 g/mol. The predicted octanol–water partition coefficient (Wildman–Crippen LogP) is 11.3. The van der Waals surface area contributed by atoms with Gasteiger partial charge in [-0.15, -0.1) is 0 Å². The maximum Gasteiger partial charge on any atom is 0.159 e. The molecule has 1 aliphatic carbocycles. The van der Waals surface area contributed by atoms with Crippen molar-refractivity contribution in [1.82, 2.24) is 9.97 Å². The summed E-state index contributed by atoms with van der Waals surface area (Å²) in [6.45, 7) is 4.59. The van der Waals surface area contributed by atoms with E-state index in [0.717, 1.165) is 29.6 Å². The Labute approximate surface area is 235 Å². The van der Waals surface area contributed by atoms with Gasteiger partial charge in [-0.1, -0.05) is 154 Å². The minimum Gasteiger partial charge on any atom is -0.236 e. The van der Waals surface area contributed by atoms with Gasteiger partial charge < -0.3 is 0 Å². The average molecular weight is 519 g/mol. The van der Waals surface area contributed by atoms with Crippen LogP contribution in [0.3, 0.4) is 0 Å². The molecule has 1 aliphatic rings. The quantitative estimate of drug-likeness (QED) is 0.163. The molecular formula is C36H58N2. The van der Waals surface area contributed by atoms with Crippen LogP contribution in [0, 0.1) is 11.8 Å². The van der Waals surface area contributed by atoms with E-state index >= 15 is 0 Å². The highest BCUT2D eigenvalue weighted by molar-refractivity contribution is 5.55. The van der Waals surface area contributed by atoms with Gasteiger partial charge >= 0.3 is 0 Å². The molecule has 0 saturated heterocycles. The van der Waals surface area contributed by atoms with Crippen molar-refractivity contribution in [3.63, 3.8) is 0 Å². The van der Waals surface area contributed by atoms with Crippen LogP contribution < -0.4 is 0 Å². The molecule has 0 spiro atoms. The molecule has 0 amide bonds. The Balaban J connectivity index is 1.27. The summed E-state index contributed by atoms with van der Waals surface area (Å²) < 4.78 is 0. The molecule has 0 bridgehead atoms. The van der Waals surface area contributed by atoms with E-state index in [1.807, 2.05) is 0 Å². The molecule has 0 radical (unpaired) electrons. The third-order valence-electron chi connectivity index (χ3n) is 9.01. The molecule has 38 heavy (non-hydrogen) atoms. The van der Waals surface area contributed by atoms with Crippen molar-refractivity contribution in [1.29, 1.82) is 0 Å². The van der Waals surface area contributed by atoms with Crippen molar-refractivity contribution in [2.45, 2.75) is 155 Å². The normalized spacial score (nSPS) is 17.6. The Morgan fingerprint density at radius 2 is 1.03 bits per heavy atom. The van der Waals surface area contributed by atoms with E-state index in [9.17, 15) is 0 Å². The number of benzene rings is 1. The van der Waals surface area contributed by atoms with Gasteiger partial charge in [0.05, 0.1) is 0 Å². The molecule has 1 saturated carbocycles. The summed E-state index contributed by atoms with van der Waals surface area (Å²) in [6.07, 6.45) is 34.7. The summed E-state index contributed by atoms with van der Waals surface area (Å²) in [5, 5.41) is 0. The van der Waals surface area contributed by atoms with E-state index in [1.54, 1.807) is 0 Å². The molecule has 1 aromatic heterocycles. The first-order chi connectivity index (χ1) is 18.8. The zero-order valence-electron chi connectivity index (χ0n) is 25.1. The van der Waals surface area contributed by atoms with E-state index in [1.165, 1.54) is 146 Å². The van der Waals surface area contributed by atoms with Crippen LogP contribution in [0.2, 0.25) is 0 Å². The minimum absolute atomic E-state index is 0.863. The van der Waals surface area contributed by atoms with Crippen LogP contribution in [0.4, 0.5) is 0 Å². The summed E-state index contributed by atoms with van der Waals surface area (Å²) in [5.74, 6) is 2.78. The van der Waals surface area contributed by atoms with E-state index in [0.29, 0.717) is 0 Å². The lowest BCUT2D eigenvalue weighted by molar-refractivity contribution is 0.248. The molecule has 1 heterocycles. The van der Waals surface area contributed by atoms with Crippen molar-refractivity contribution < 1.29 is 0 Å². The number of aryl methyl sites for hydroxylation is 2. The minimum atomic E-state index is 0.863. The Bertz CT molecular complexity index is 817. The second-order valence-corrected chi connectivity index (χ2v) is 12.3. The van der Waals surface area contributed by atoms with Crippen LogP contribution >= 0.6 is 0 Å². The van der Waals surface area contributed by atoms with Crippen molar-refractivity contribution >= 4 is 0 Å². The van der Waals surface area contributed by atoms with Gasteiger partial charge in [-0.3, -0.25) is 0 Å². The summed E-state index contributed by atoms with van der Waals surface area (Å²) >= 11 is 0. The molecular weight excluding hydrogens is 460 g/mol. The van der Waals surface area contributed by atoms with Crippen molar-refractivity contribution in [2.24, 2.45) is 11.8 Å². The number of unbranched alkanes of at least 4 members (excludes halogenated alkanes) is 12. The highest BCUT2D eigenvalue weighted by Gasteiger charge is 2.20. The van der Waals surface area contributed by atoms with Crippen LogP contribution in [0.1, 0.15) is 153 Å². The molecule has 1 aromatic carbocycles. The first-order valence-electron chi connectivity index (χ1n) is 16.7. The average Bonchev–Trinajstić information content (AvgIpc) is 2.96. The number of hydrogen-bond acceptors (Lipinski definition) is 2. The molecule has 0 N–H and O–H groups in total. The predicted molar refractivity (Wildman–Crippen MR) is 166 cm³/mol. The van der Waals surface area contributed by atoms with Gasteiger partial charge in [-0.05, 0) is 48.6 Å². The van der Waals surface area contributed by atoms with Gasteiger partial charge in [0.2, 0.25) is 0 Å². The zero-order chi connectivity index (χ0) is 26.7. The Morgan fingerprint density at radius 1 is 0.526 bits per heavy atom. The molecule has 2 aromatic rings. The SMILES string of the molecule is CCCCCCCCCc1ccc(-c2ncc(CCC3CCC(CCCCCCCCC)CC3)cn2)cc1. The smallest absolute Gasteiger partial charge is 0.159 e. The topological polar surface area (TPSA) is 25.8 Å². The summed E-state index contributed by atoms with van der Waals surface area (Å²) in [5.41, 5.74) is 3.88. The fraction of sp³-hybridized carbons (Fsp3) is 0.722. The van der Waals surface area contributed by atoms with Gasteiger partial charge in [-0.2, -0.15) is 0 Å². The summed E-state index contributed by atoms with van der Waals surface area (Å²) in [7, 11) is 0. The largest absolute Gasteiger partial charge is 0.236 e. The van der Waals surface area contributed by atoms with Gasteiger partial charge in [0.15, 0.2) is 5.82 Å². The van der Waals surface area contributed by atoms with Crippen molar-refractivity contribution in [3.8, 4) is 11.4 Å². The molecule has 2 nitrogen and oxygen atoms in total. The van der Waals surface area contributed by atoms with Gasteiger partial charge in [0, 0.05) is 18.0 Å². The van der Waals surface area contributed by atoms with Crippen molar-refractivity contribution in [3.05, 3.63) is 47.8 Å². The lowest BCUT2D eigenvalue weighted by Crippen LogP contribution is -2.15. The van der Waals surface area contributed by atoms with Crippen molar-refractivity contribution in [2.75, 3.05) is 0 Å². The Kier molecular flexibility index (Phi) is 15.7. The molecule has 212 valence electrons. The second kappa shape index (κ2) is 19.4. The number of hydrogen-bond donors (Lipinski definition) is 0. The van der Waals surface area contributed by atoms with Gasteiger partial charge in [0.25, 0.3) is 0 Å². The number of nitrogens with zero attached hydrogens (tertiary/aromatic N) is 2. The molecule has 3 rings (SSSR count). The summed E-state index contributed by atoms with van der Waals surface area (Å²) in [4.78, 5) is 9.44. The lowest BCUT2D eigenvalue weighted by Gasteiger charge is -2.28. The lowest BCUT2D eigenvalue weighted by atomic mass is 9.78. The molecule has 2 heteroatoms. The molecule has 1 fully saturated rings. The Hall–Kier alpha value is -1.70. The van der Waals surface area contributed by atoms with Gasteiger partial charge in [-0.25, -0.2) is 9.97 Å². The maximum atomic E-state index is 4.72. The van der Waals surface area contributed by atoms with Gasteiger partial charge in [0.1, 0.15) is 0 Å². The van der Waals surface area contributed by atoms with Crippen LogP contribution in [-0.4, -0.2) is 9.97 Å². The van der Waals surface area contributed by atoms with Crippen LogP contribution in [0.15, 0.2) is 36.7 Å². The molecule has 0 atom stereocenters. The van der Waals surface area contributed by atoms with E-state index in [-0.39, 0.29) is 0 Å². The molecule has 0 unspecified atom stereocenters. The molecule has 0 aliphatic heterocycles. The highest BCUT2D eigenvalue weighted by atomic mass is 14.9. The first-order valence-corrected chi connectivity index (χ1v) is 16.7. The number of aromatic nitrogens is 2. The second-order valence-electron chi connectivity index (χ2n) is 12.3. The third kappa shape index (κ3) is 12.4. The highest BCUT2D eigenvalue weighted by Crippen LogP contribution is 2.34.